The molecule has 224 valence electrons. The van der Waals surface area contributed by atoms with E-state index in [0.29, 0.717) is 17.1 Å². The first-order valence-corrected chi connectivity index (χ1v) is 15.9. The van der Waals surface area contributed by atoms with E-state index in [1.54, 1.807) is 6.07 Å². The summed E-state index contributed by atoms with van der Waals surface area (Å²) >= 11 is 0. The van der Waals surface area contributed by atoms with E-state index in [1.807, 2.05) is 54.6 Å². The standard InChI is InChI=1S/C46H30N2/c1-3-12-31(13-4-1)36-18-11-19-38(28-36)44-30-43(47-46(48-44)35-15-5-2-6-16-35)33-22-24-34(25-23-33)45-40-21-10-8-17-37(40)29-42-39-20-9-7-14-32(39)26-27-41(42)45/h1-30H/i1D,3D,4D,12D,13D. The maximum Gasteiger partial charge on any atom is 0.160 e. The fourth-order valence-corrected chi connectivity index (χ4v) is 6.63. The Balaban J connectivity index is 1.19. The highest BCUT2D eigenvalue weighted by atomic mass is 14.9. The van der Waals surface area contributed by atoms with E-state index >= 15 is 0 Å². The van der Waals surface area contributed by atoms with Crippen molar-refractivity contribution in [3.05, 3.63) is 182 Å². The molecule has 8 aromatic carbocycles. The number of nitrogens with zero attached hydrogens (tertiary/aromatic N) is 2. The molecule has 0 bridgehead atoms. The first-order valence-electron chi connectivity index (χ1n) is 18.4. The quantitative estimate of drug-likeness (QED) is 0.142. The van der Waals surface area contributed by atoms with Gasteiger partial charge in [-0.25, -0.2) is 9.97 Å². The van der Waals surface area contributed by atoms with Crippen molar-refractivity contribution in [3.63, 3.8) is 0 Å². The van der Waals surface area contributed by atoms with Crippen LogP contribution in [0.25, 0.3) is 88.5 Å². The van der Waals surface area contributed by atoms with E-state index in [0.717, 1.165) is 27.9 Å². The van der Waals surface area contributed by atoms with Crippen molar-refractivity contribution in [1.82, 2.24) is 9.97 Å². The van der Waals surface area contributed by atoms with Crippen LogP contribution < -0.4 is 0 Å². The van der Waals surface area contributed by atoms with Crippen molar-refractivity contribution in [3.8, 4) is 56.2 Å². The summed E-state index contributed by atoms with van der Waals surface area (Å²) in [5.41, 5.74) is 6.88. The van der Waals surface area contributed by atoms with Crippen molar-refractivity contribution >= 4 is 32.3 Å². The second kappa shape index (κ2) is 11.8. The third kappa shape index (κ3) is 5.01. The lowest BCUT2D eigenvalue weighted by Gasteiger charge is -2.15. The Kier molecular flexibility index (Phi) is 5.64. The number of hydrogen-bond acceptors (Lipinski definition) is 2. The molecule has 9 rings (SSSR count). The van der Waals surface area contributed by atoms with Gasteiger partial charge in [-0.05, 0) is 72.8 Å². The molecule has 2 heteroatoms. The van der Waals surface area contributed by atoms with Crippen LogP contribution in [-0.4, -0.2) is 9.97 Å². The molecule has 0 saturated heterocycles. The van der Waals surface area contributed by atoms with E-state index in [9.17, 15) is 0 Å². The van der Waals surface area contributed by atoms with Crippen LogP contribution in [0.1, 0.15) is 6.85 Å². The third-order valence-corrected chi connectivity index (χ3v) is 8.94. The number of rotatable bonds is 5. The molecule has 1 aromatic heterocycles. The summed E-state index contributed by atoms with van der Waals surface area (Å²) in [6, 6.07) is 49.8. The Labute approximate surface area is 286 Å². The SMILES string of the molecule is [2H]c1c([2H])c([2H])c(-c2cccc(-c3cc(-c4ccc(-c5c6ccccc6cc6c5ccc5ccccc56)cc4)nc(-c4ccccc4)n3)c2)c([2H])c1[2H]. The largest absolute Gasteiger partial charge is 0.228 e. The molecule has 0 aliphatic rings. The minimum atomic E-state index is -0.416. The molecule has 0 unspecified atom stereocenters. The average Bonchev–Trinajstić information content (AvgIpc) is 3.21. The van der Waals surface area contributed by atoms with Crippen molar-refractivity contribution in [2.24, 2.45) is 0 Å². The number of aromatic nitrogens is 2. The van der Waals surface area contributed by atoms with Gasteiger partial charge in [0.2, 0.25) is 0 Å². The van der Waals surface area contributed by atoms with Crippen molar-refractivity contribution in [2.75, 3.05) is 0 Å². The maximum atomic E-state index is 8.55. The van der Waals surface area contributed by atoms with Crippen molar-refractivity contribution in [2.45, 2.75) is 0 Å². The molecule has 1 heterocycles. The zero-order chi connectivity index (χ0) is 36.2. The van der Waals surface area contributed by atoms with Gasteiger partial charge in [0.05, 0.1) is 18.2 Å². The summed E-state index contributed by atoms with van der Waals surface area (Å²) in [5.74, 6) is 0.558. The highest BCUT2D eigenvalue weighted by Gasteiger charge is 2.15. The number of benzene rings is 8. The molecule has 0 aliphatic heterocycles. The molecular weight excluding hydrogens is 581 g/mol. The molecule has 0 aliphatic carbocycles. The van der Waals surface area contributed by atoms with E-state index in [2.05, 4.69) is 91.0 Å². The zero-order valence-electron chi connectivity index (χ0n) is 30.8. The van der Waals surface area contributed by atoms with Gasteiger partial charge in [0.1, 0.15) is 0 Å². The second-order valence-corrected chi connectivity index (χ2v) is 11.8. The Morgan fingerprint density at radius 1 is 0.354 bits per heavy atom. The van der Waals surface area contributed by atoms with Crippen LogP contribution in [0.4, 0.5) is 0 Å². The van der Waals surface area contributed by atoms with Crippen LogP contribution >= 0.6 is 0 Å². The summed E-state index contributed by atoms with van der Waals surface area (Å²) < 4.78 is 41.5. The van der Waals surface area contributed by atoms with Gasteiger partial charge in [-0.2, -0.15) is 0 Å². The molecule has 48 heavy (non-hydrogen) atoms. The minimum Gasteiger partial charge on any atom is -0.228 e. The van der Waals surface area contributed by atoms with Crippen LogP contribution in [0.2, 0.25) is 0 Å². The van der Waals surface area contributed by atoms with Crippen molar-refractivity contribution < 1.29 is 6.85 Å². The highest BCUT2D eigenvalue weighted by molar-refractivity contribution is 6.20. The van der Waals surface area contributed by atoms with Crippen LogP contribution in [0, 0.1) is 0 Å². The molecule has 0 spiro atoms. The van der Waals surface area contributed by atoms with E-state index in [-0.39, 0.29) is 29.7 Å². The van der Waals surface area contributed by atoms with Gasteiger partial charge in [0, 0.05) is 16.7 Å². The van der Waals surface area contributed by atoms with Crippen LogP contribution in [0.15, 0.2) is 182 Å². The normalized spacial score (nSPS) is 12.8. The molecule has 0 fully saturated rings. The Hall–Kier alpha value is -6.38. The van der Waals surface area contributed by atoms with Crippen LogP contribution in [0.5, 0.6) is 0 Å². The fourth-order valence-electron chi connectivity index (χ4n) is 6.63. The number of fused-ring (bicyclic) bond motifs is 4. The molecular formula is C46H30N2. The molecule has 0 amide bonds. The van der Waals surface area contributed by atoms with Gasteiger partial charge < -0.3 is 0 Å². The monoisotopic (exact) mass is 615 g/mol. The minimum absolute atomic E-state index is 0.153. The van der Waals surface area contributed by atoms with Crippen LogP contribution in [0.3, 0.4) is 0 Å². The molecule has 0 saturated carbocycles. The zero-order valence-corrected chi connectivity index (χ0v) is 25.8. The smallest absolute Gasteiger partial charge is 0.160 e. The predicted octanol–water partition coefficient (Wildman–Crippen LogP) is 12.3. The molecule has 0 radical (unpaired) electrons. The Morgan fingerprint density at radius 2 is 1.00 bits per heavy atom. The first-order chi connectivity index (χ1) is 25.9. The highest BCUT2D eigenvalue weighted by Crippen LogP contribution is 2.40. The van der Waals surface area contributed by atoms with Crippen LogP contribution in [-0.2, 0) is 0 Å². The predicted molar refractivity (Wildman–Crippen MR) is 202 cm³/mol. The topological polar surface area (TPSA) is 25.8 Å². The fraction of sp³-hybridized carbons (Fsp3) is 0. The summed E-state index contributed by atoms with van der Waals surface area (Å²) in [6.45, 7) is 0. The summed E-state index contributed by atoms with van der Waals surface area (Å²) in [6.07, 6.45) is 0. The second-order valence-electron chi connectivity index (χ2n) is 11.8. The van der Waals surface area contributed by atoms with Gasteiger partial charge >= 0.3 is 0 Å². The van der Waals surface area contributed by atoms with Gasteiger partial charge in [0.15, 0.2) is 5.82 Å². The Bertz CT molecular complexity index is 2860. The molecule has 0 N–H and O–H groups in total. The van der Waals surface area contributed by atoms with E-state index < -0.39 is 6.04 Å². The third-order valence-electron chi connectivity index (χ3n) is 8.94. The van der Waals surface area contributed by atoms with Gasteiger partial charge in [-0.1, -0.05) is 164 Å². The van der Waals surface area contributed by atoms with Gasteiger partial charge in [-0.15, -0.1) is 0 Å². The van der Waals surface area contributed by atoms with Gasteiger partial charge in [-0.3, -0.25) is 0 Å². The lowest BCUT2D eigenvalue weighted by Crippen LogP contribution is -1.96. The first kappa shape index (κ1) is 23.0. The average molecular weight is 616 g/mol. The van der Waals surface area contributed by atoms with Gasteiger partial charge in [0.25, 0.3) is 0 Å². The molecule has 2 nitrogen and oxygen atoms in total. The number of hydrogen-bond donors (Lipinski definition) is 0. The van der Waals surface area contributed by atoms with Crippen molar-refractivity contribution in [1.29, 1.82) is 0 Å². The Morgan fingerprint density at radius 3 is 1.81 bits per heavy atom. The molecule has 9 aromatic rings. The maximum absolute atomic E-state index is 8.55. The summed E-state index contributed by atoms with van der Waals surface area (Å²) in [7, 11) is 0. The lowest BCUT2D eigenvalue weighted by atomic mass is 9.89. The molecule has 0 atom stereocenters. The summed E-state index contributed by atoms with van der Waals surface area (Å²) in [5, 5.41) is 7.24. The lowest BCUT2D eigenvalue weighted by molar-refractivity contribution is 1.18. The van der Waals surface area contributed by atoms with E-state index in [4.69, 9.17) is 16.8 Å². The summed E-state index contributed by atoms with van der Waals surface area (Å²) in [4.78, 5) is 10.0. The van der Waals surface area contributed by atoms with E-state index in [1.165, 1.54) is 37.9 Å².